The van der Waals surface area contributed by atoms with Crippen molar-refractivity contribution < 1.29 is 0 Å². The van der Waals surface area contributed by atoms with Gasteiger partial charge in [-0.3, -0.25) is 4.90 Å². The van der Waals surface area contributed by atoms with Crippen LogP contribution in [0.4, 0.5) is 0 Å². The van der Waals surface area contributed by atoms with Crippen molar-refractivity contribution in [2.75, 3.05) is 26.7 Å². The number of likely N-dealkylation sites (N-methyl/N-ethyl adjacent to an activating group) is 1. The predicted octanol–water partition coefficient (Wildman–Crippen LogP) is 1.08. The van der Waals surface area contributed by atoms with Gasteiger partial charge in [0, 0.05) is 12.1 Å². The Hall–Kier alpha value is -0.520. The Bertz CT molecular complexity index is 187. The molecule has 0 radical (unpaired) electrons. The molecule has 0 amide bonds. The summed E-state index contributed by atoms with van der Waals surface area (Å²) >= 11 is 0. The number of nitrogens with zero attached hydrogens (tertiary/aromatic N) is 1. The highest BCUT2D eigenvalue weighted by molar-refractivity contribution is 4.96. The number of rotatable bonds is 4. The monoisotopic (exact) mass is 180 g/mol. The lowest BCUT2D eigenvalue weighted by molar-refractivity contribution is 0.237. The van der Waals surface area contributed by atoms with Gasteiger partial charge in [-0.1, -0.05) is 12.8 Å². The molecule has 74 valence electrons. The number of nitrogens with one attached hydrogen (secondary N) is 1. The Labute approximate surface area is 81.7 Å². The predicted molar refractivity (Wildman–Crippen MR) is 56.6 cm³/mol. The summed E-state index contributed by atoms with van der Waals surface area (Å²) in [6.45, 7) is 5.25. The SMILES string of the molecule is C#CCN(C)CC1(CC)CCCN1. The summed E-state index contributed by atoms with van der Waals surface area (Å²) in [4.78, 5) is 2.22. The van der Waals surface area contributed by atoms with Crippen LogP contribution in [0.2, 0.25) is 0 Å². The molecule has 0 aromatic heterocycles. The molecule has 1 unspecified atom stereocenters. The van der Waals surface area contributed by atoms with E-state index in [2.05, 4.69) is 30.1 Å². The summed E-state index contributed by atoms with van der Waals surface area (Å²) in [5.74, 6) is 2.68. The van der Waals surface area contributed by atoms with Crippen LogP contribution in [0.3, 0.4) is 0 Å². The molecule has 2 nitrogen and oxygen atoms in total. The first-order chi connectivity index (χ1) is 6.22. The van der Waals surface area contributed by atoms with Gasteiger partial charge in [-0.15, -0.1) is 6.42 Å². The molecule has 0 saturated carbocycles. The Balaban J connectivity index is 2.44. The van der Waals surface area contributed by atoms with E-state index in [0.29, 0.717) is 5.54 Å². The van der Waals surface area contributed by atoms with Crippen LogP contribution >= 0.6 is 0 Å². The third-order valence-electron chi connectivity index (χ3n) is 2.94. The van der Waals surface area contributed by atoms with Crippen LogP contribution < -0.4 is 5.32 Å². The summed E-state index contributed by atoms with van der Waals surface area (Å²) < 4.78 is 0. The average Bonchev–Trinajstić information content (AvgIpc) is 2.54. The summed E-state index contributed by atoms with van der Waals surface area (Å²) in [7, 11) is 2.09. The number of hydrogen-bond donors (Lipinski definition) is 1. The lowest BCUT2D eigenvalue weighted by atomic mass is 9.94. The van der Waals surface area contributed by atoms with Gasteiger partial charge in [0.05, 0.1) is 6.54 Å². The third kappa shape index (κ3) is 2.72. The van der Waals surface area contributed by atoms with E-state index < -0.39 is 0 Å². The molecule has 1 rings (SSSR count). The maximum absolute atomic E-state index is 5.28. The molecule has 0 spiro atoms. The second-order valence-corrected chi connectivity index (χ2v) is 4.04. The first-order valence-corrected chi connectivity index (χ1v) is 5.09. The van der Waals surface area contributed by atoms with Gasteiger partial charge < -0.3 is 5.32 Å². The normalized spacial score (nSPS) is 27.8. The van der Waals surface area contributed by atoms with Gasteiger partial charge >= 0.3 is 0 Å². The molecule has 1 N–H and O–H groups in total. The second kappa shape index (κ2) is 4.64. The maximum atomic E-state index is 5.28. The van der Waals surface area contributed by atoms with Crippen molar-refractivity contribution >= 4 is 0 Å². The molecule has 13 heavy (non-hydrogen) atoms. The smallest absolute Gasteiger partial charge is 0.0597 e. The molecular weight excluding hydrogens is 160 g/mol. The lowest BCUT2D eigenvalue weighted by Crippen LogP contribution is -2.48. The Morgan fingerprint density at radius 2 is 2.38 bits per heavy atom. The minimum atomic E-state index is 0.339. The largest absolute Gasteiger partial charge is 0.310 e. The number of hydrogen-bond acceptors (Lipinski definition) is 2. The summed E-state index contributed by atoms with van der Waals surface area (Å²) in [6, 6.07) is 0. The Morgan fingerprint density at radius 1 is 1.62 bits per heavy atom. The van der Waals surface area contributed by atoms with Crippen molar-refractivity contribution in [1.29, 1.82) is 0 Å². The van der Waals surface area contributed by atoms with Gasteiger partial charge in [-0.05, 0) is 32.9 Å². The minimum Gasteiger partial charge on any atom is -0.310 e. The van der Waals surface area contributed by atoms with E-state index in [1.54, 1.807) is 0 Å². The van der Waals surface area contributed by atoms with E-state index >= 15 is 0 Å². The number of terminal acetylenes is 1. The molecule has 1 saturated heterocycles. The topological polar surface area (TPSA) is 15.3 Å². The molecule has 1 fully saturated rings. The molecule has 1 heterocycles. The van der Waals surface area contributed by atoms with Crippen molar-refractivity contribution in [3.63, 3.8) is 0 Å². The zero-order chi connectivity index (χ0) is 9.73. The Kier molecular flexibility index (Phi) is 3.77. The van der Waals surface area contributed by atoms with E-state index in [4.69, 9.17) is 6.42 Å². The van der Waals surface area contributed by atoms with Crippen LogP contribution in [0.15, 0.2) is 0 Å². The van der Waals surface area contributed by atoms with Crippen molar-refractivity contribution in [3.8, 4) is 12.3 Å². The van der Waals surface area contributed by atoms with Crippen LogP contribution in [-0.2, 0) is 0 Å². The van der Waals surface area contributed by atoms with Crippen molar-refractivity contribution in [2.45, 2.75) is 31.7 Å². The molecule has 0 bridgehead atoms. The van der Waals surface area contributed by atoms with E-state index in [9.17, 15) is 0 Å². The Morgan fingerprint density at radius 3 is 2.85 bits per heavy atom. The fraction of sp³-hybridized carbons (Fsp3) is 0.818. The van der Waals surface area contributed by atoms with Crippen LogP contribution in [0.5, 0.6) is 0 Å². The van der Waals surface area contributed by atoms with Gasteiger partial charge in [0.1, 0.15) is 0 Å². The fourth-order valence-electron chi connectivity index (χ4n) is 2.15. The molecule has 0 aliphatic carbocycles. The first-order valence-electron chi connectivity index (χ1n) is 5.09. The van der Waals surface area contributed by atoms with Crippen molar-refractivity contribution in [3.05, 3.63) is 0 Å². The van der Waals surface area contributed by atoms with E-state index in [-0.39, 0.29) is 0 Å². The highest BCUT2D eigenvalue weighted by atomic mass is 15.2. The summed E-state index contributed by atoms with van der Waals surface area (Å²) in [6.07, 6.45) is 9.07. The standard InChI is InChI=1S/C11H20N2/c1-4-9-13(3)10-11(5-2)7-6-8-12-11/h1,12H,5-10H2,2-3H3. The highest BCUT2D eigenvalue weighted by Crippen LogP contribution is 2.23. The van der Waals surface area contributed by atoms with Gasteiger partial charge in [0.25, 0.3) is 0 Å². The zero-order valence-corrected chi connectivity index (χ0v) is 8.77. The summed E-state index contributed by atoms with van der Waals surface area (Å²) in [5.41, 5.74) is 0.339. The fourth-order valence-corrected chi connectivity index (χ4v) is 2.15. The molecular formula is C11H20N2. The molecule has 0 aromatic rings. The van der Waals surface area contributed by atoms with Crippen molar-refractivity contribution in [2.24, 2.45) is 0 Å². The van der Waals surface area contributed by atoms with Crippen molar-refractivity contribution in [1.82, 2.24) is 10.2 Å². The second-order valence-electron chi connectivity index (χ2n) is 4.04. The average molecular weight is 180 g/mol. The third-order valence-corrected chi connectivity index (χ3v) is 2.94. The van der Waals surface area contributed by atoms with Crippen LogP contribution in [0.1, 0.15) is 26.2 Å². The van der Waals surface area contributed by atoms with Crippen LogP contribution in [-0.4, -0.2) is 37.1 Å². The molecule has 2 heteroatoms. The molecule has 1 atom stereocenters. The van der Waals surface area contributed by atoms with E-state index in [0.717, 1.165) is 19.6 Å². The van der Waals surface area contributed by atoms with E-state index in [1.165, 1.54) is 19.3 Å². The van der Waals surface area contributed by atoms with Crippen LogP contribution in [0.25, 0.3) is 0 Å². The van der Waals surface area contributed by atoms with Gasteiger partial charge in [-0.25, -0.2) is 0 Å². The quantitative estimate of drug-likeness (QED) is 0.651. The van der Waals surface area contributed by atoms with Gasteiger partial charge in [0.2, 0.25) is 0 Å². The molecule has 0 aromatic carbocycles. The van der Waals surface area contributed by atoms with Gasteiger partial charge in [-0.2, -0.15) is 0 Å². The highest BCUT2D eigenvalue weighted by Gasteiger charge is 2.32. The molecule has 1 aliphatic rings. The first kappa shape index (κ1) is 10.6. The van der Waals surface area contributed by atoms with Gasteiger partial charge in [0.15, 0.2) is 0 Å². The molecule has 1 aliphatic heterocycles. The van der Waals surface area contributed by atoms with Crippen LogP contribution in [0, 0.1) is 12.3 Å². The minimum absolute atomic E-state index is 0.339. The lowest BCUT2D eigenvalue weighted by Gasteiger charge is -2.32. The summed E-state index contributed by atoms with van der Waals surface area (Å²) in [5, 5.41) is 3.60. The maximum Gasteiger partial charge on any atom is 0.0597 e. The van der Waals surface area contributed by atoms with E-state index in [1.807, 2.05) is 0 Å². The zero-order valence-electron chi connectivity index (χ0n) is 8.77.